The highest BCUT2D eigenvalue weighted by Crippen LogP contribution is 2.31. The lowest BCUT2D eigenvalue weighted by Crippen LogP contribution is -2.26. The number of ether oxygens (including phenoxy) is 1. The molecule has 3 rings (SSSR count). The molecule has 0 saturated carbocycles. The number of benzene rings is 1. The molecule has 0 aliphatic rings. The zero-order valence-corrected chi connectivity index (χ0v) is 17.1. The molecule has 2 heterocycles. The van der Waals surface area contributed by atoms with Crippen LogP contribution in [0.1, 0.15) is 34.6 Å². The standard InChI is InChI=1S/C17H18BrN3O2.C2H6/c1-17(2,3)23-16(22)21-10-14(18)13-6-5-11(7-15(13)21)12-8-19-20(4)9-12;1-2/h5-10H,1-4H3;1-2H3. The Labute approximate surface area is 156 Å². The van der Waals surface area contributed by atoms with E-state index in [-0.39, 0.29) is 0 Å². The molecule has 0 atom stereocenters. The molecule has 0 N–H and O–H groups in total. The number of carbonyl (C=O) groups is 1. The minimum atomic E-state index is -0.541. The van der Waals surface area contributed by atoms with Gasteiger partial charge in [-0.1, -0.05) is 26.0 Å². The van der Waals surface area contributed by atoms with E-state index < -0.39 is 11.7 Å². The minimum Gasteiger partial charge on any atom is -0.443 e. The van der Waals surface area contributed by atoms with Crippen molar-refractivity contribution in [3.63, 3.8) is 0 Å². The molecule has 3 aromatic rings. The topological polar surface area (TPSA) is 49.0 Å². The molecule has 134 valence electrons. The van der Waals surface area contributed by atoms with Crippen LogP contribution in [0.5, 0.6) is 0 Å². The van der Waals surface area contributed by atoms with Crippen molar-refractivity contribution in [1.29, 1.82) is 0 Å². The van der Waals surface area contributed by atoms with Gasteiger partial charge in [0.2, 0.25) is 0 Å². The molecule has 5 nitrogen and oxygen atoms in total. The fourth-order valence-corrected chi connectivity index (χ4v) is 2.94. The van der Waals surface area contributed by atoms with Gasteiger partial charge >= 0.3 is 6.09 Å². The van der Waals surface area contributed by atoms with Crippen LogP contribution in [0.15, 0.2) is 41.3 Å². The third kappa shape index (κ3) is 4.31. The number of halogens is 1. The van der Waals surface area contributed by atoms with E-state index >= 15 is 0 Å². The van der Waals surface area contributed by atoms with Crippen molar-refractivity contribution in [2.75, 3.05) is 0 Å². The van der Waals surface area contributed by atoms with Crippen LogP contribution in [0.2, 0.25) is 0 Å². The number of hydrogen-bond donors (Lipinski definition) is 0. The number of nitrogens with zero attached hydrogens (tertiary/aromatic N) is 3. The molecular formula is C19H24BrN3O2. The molecule has 1 aromatic carbocycles. The molecule has 0 aliphatic heterocycles. The van der Waals surface area contributed by atoms with Crippen LogP contribution in [-0.4, -0.2) is 26.0 Å². The van der Waals surface area contributed by atoms with E-state index in [1.807, 2.05) is 66.1 Å². The van der Waals surface area contributed by atoms with Crippen LogP contribution in [0.4, 0.5) is 4.79 Å². The Balaban J connectivity index is 0.00000109. The van der Waals surface area contributed by atoms with Crippen LogP contribution in [0, 0.1) is 0 Å². The summed E-state index contributed by atoms with van der Waals surface area (Å²) in [7, 11) is 1.88. The number of aromatic nitrogens is 3. The molecule has 0 unspecified atom stereocenters. The molecule has 0 radical (unpaired) electrons. The number of carbonyl (C=O) groups excluding carboxylic acids is 1. The first-order valence-corrected chi connectivity index (χ1v) is 9.07. The van der Waals surface area contributed by atoms with Crippen molar-refractivity contribution in [3.8, 4) is 11.1 Å². The van der Waals surface area contributed by atoms with E-state index in [1.54, 1.807) is 17.1 Å². The summed E-state index contributed by atoms with van der Waals surface area (Å²) in [6.45, 7) is 9.56. The number of fused-ring (bicyclic) bond motifs is 1. The Hall–Kier alpha value is -2.08. The van der Waals surface area contributed by atoms with Gasteiger partial charge in [0.15, 0.2) is 0 Å². The maximum atomic E-state index is 12.4. The summed E-state index contributed by atoms with van der Waals surface area (Å²) in [6.07, 6.45) is 5.09. The number of aryl methyl sites for hydroxylation is 1. The van der Waals surface area contributed by atoms with Gasteiger partial charge in [0, 0.05) is 34.9 Å². The van der Waals surface area contributed by atoms with Crippen LogP contribution in [0.3, 0.4) is 0 Å². The van der Waals surface area contributed by atoms with Gasteiger partial charge in [-0.25, -0.2) is 4.79 Å². The molecule has 0 bridgehead atoms. The average Bonchev–Trinajstić information content (AvgIpc) is 3.11. The van der Waals surface area contributed by atoms with Crippen molar-refractivity contribution in [1.82, 2.24) is 14.3 Å². The van der Waals surface area contributed by atoms with Crippen LogP contribution in [-0.2, 0) is 11.8 Å². The Morgan fingerprint density at radius 2 is 1.84 bits per heavy atom. The van der Waals surface area contributed by atoms with Crippen molar-refractivity contribution < 1.29 is 9.53 Å². The van der Waals surface area contributed by atoms with Crippen molar-refractivity contribution in [2.24, 2.45) is 7.05 Å². The van der Waals surface area contributed by atoms with Crippen LogP contribution >= 0.6 is 15.9 Å². The lowest BCUT2D eigenvalue weighted by atomic mass is 10.1. The normalized spacial score (nSPS) is 11.2. The minimum absolute atomic E-state index is 0.392. The van der Waals surface area contributed by atoms with Gasteiger partial charge in [-0.15, -0.1) is 0 Å². The summed E-state index contributed by atoms with van der Waals surface area (Å²) in [5.74, 6) is 0. The zero-order chi connectivity index (χ0) is 18.8. The first-order valence-electron chi connectivity index (χ1n) is 8.27. The van der Waals surface area contributed by atoms with E-state index in [1.165, 1.54) is 4.57 Å². The molecular weight excluding hydrogens is 382 g/mol. The lowest BCUT2D eigenvalue weighted by Gasteiger charge is -2.19. The first kappa shape index (κ1) is 19.2. The van der Waals surface area contributed by atoms with Crippen molar-refractivity contribution >= 4 is 32.9 Å². The number of rotatable bonds is 1. The van der Waals surface area contributed by atoms with Crippen molar-refractivity contribution in [2.45, 2.75) is 40.2 Å². The number of hydrogen-bond acceptors (Lipinski definition) is 3. The van der Waals surface area contributed by atoms with Gasteiger partial charge < -0.3 is 4.74 Å². The third-order valence-corrected chi connectivity index (χ3v) is 4.02. The second kappa shape index (κ2) is 7.44. The summed E-state index contributed by atoms with van der Waals surface area (Å²) < 4.78 is 9.62. The summed E-state index contributed by atoms with van der Waals surface area (Å²) >= 11 is 3.51. The van der Waals surface area contributed by atoms with Crippen molar-refractivity contribution in [3.05, 3.63) is 41.3 Å². The van der Waals surface area contributed by atoms with Gasteiger partial charge in [0.1, 0.15) is 5.60 Å². The summed E-state index contributed by atoms with van der Waals surface area (Å²) in [5, 5.41) is 5.15. The highest BCUT2D eigenvalue weighted by molar-refractivity contribution is 9.10. The smallest absolute Gasteiger partial charge is 0.419 e. The fraction of sp³-hybridized carbons (Fsp3) is 0.368. The Bertz CT molecular complexity index is 888. The van der Waals surface area contributed by atoms with Gasteiger partial charge in [0.25, 0.3) is 0 Å². The summed E-state index contributed by atoms with van der Waals surface area (Å²) in [5.41, 5.74) is 2.26. The second-order valence-electron chi connectivity index (χ2n) is 6.46. The molecule has 0 fully saturated rings. The van der Waals surface area contributed by atoms with E-state index in [4.69, 9.17) is 4.74 Å². The Kier molecular flexibility index (Phi) is 5.72. The largest absolute Gasteiger partial charge is 0.443 e. The summed E-state index contributed by atoms with van der Waals surface area (Å²) in [6, 6.07) is 5.98. The van der Waals surface area contributed by atoms with Gasteiger partial charge in [-0.3, -0.25) is 9.25 Å². The molecule has 0 amide bonds. The maximum Gasteiger partial charge on any atom is 0.419 e. The van der Waals surface area contributed by atoms with Gasteiger partial charge in [-0.05, 0) is 48.3 Å². The zero-order valence-electron chi connectivity index (χ0n) is 15.5. The average molecular weight is 406 g/mol. The lowest BCUT2D eigenvalue weighted by molar-refractivity contribution is 0.0544. The van der Waals surface area contributed by atoms with Gasteiger partial charge in [-0.2, -0.15) is 5.10 Å². The third-order valence-electron chi connectivity index (χ3n) is 3.39. The predicted octanol–water partition coefficient (Wildman–Crippen LogP) is 5.61. The van der Waals surface area contributed by atoms with E-state index in [9.17, 15) is 4.79 Å². The maximum absolute atomic E-state index is 12.4. The molecule has 0 saturated heterocycles. The van der Waals surface area contributed by atoms with E-state index in [0.717, 1.165) is 26.5 Å². The monoisotopic (exact) mass is 405 g/mol. The predicted molar refractivity (Wildman–Crippen MR) is 105 cm³/mol. The van der Waals surface area contributed by atoms with Gasteiger partial charge in [0.05, 0.1) is 11.7 Å². The van der Waals surface area contributed by atoms with E-state index in [0.29, 0.717) is 0 Å². The summed E-state index contributed by atoms with van der Waals surface area (Å²) in [4.78, 5) is 12.4. The SMILES string of the molecule is CC.Cn1cc(-c2ccc3c(Br)cn(C(=O)OC(C)(C)C)c3c2)cn1. The highest BCUT2D eigenvalue weighted by Gasteiger charge is 2.20. The molecule has 6 heteroatoms. The molecule has 0 aliphatic carbocycles. The van der Waals surface area contributed by atoms with Crippen LogP contribution in [0.25, 0.3) is 22.0 Å². The highest BCUT2D eigenvalue weighted by atomic mass is 79.9. The molecule has 25 heavy (non-hydrogen) atoms. The van der Waals surface area contributed by atoms with E-state index in [2.05, 4.69) is 21.0 Å². The quantitative estimate of drug-likeness (QED) is 0.528. The first-order chi connectivity index (χ1) is 11.7. The molecule has 2 aromatic heterocycles. The van der Waals surface area contributed by atoms with Crippen LogP contribution < -0.4 is 0 Å². The fourth-order valence-electron chi connectivity index (χ4n) is 2.40. The Morgan fingerprint density at radius 1 is 1.16 bits per heavy atom. The Morgan fingerprint density at radius 3 is 2.40 bits per heavy atom. The molecule has 0 spiro atoms. The second-order valence-corrected chi connectivity index (χ2v) is 7.32.